The predicted octanol–water partition coefficient (Wildman–Crippen LogP) is 2.35. The molecule has 3 rings (SSSR count). The summed E-state index contributed by atoms with van der Waals surface area (Å²) in [6.45, 7) is 5.17. The highest BCUT2D eigenvalue weighted by atomic mass is 16.5. The number of amides is 1. The number of hydrogen-bond acceptors (Lipinski definition) is 4. The number of nitrogens with one attached hydrogen (secondary N) is 1. The predicted molar refractivity (Wildman–Crippen MR) is 98.0 cm³/mol. The molecule has 1 aromatic carbocycles. The van der Waals surface area contributed by atoms with Crippen molar-refractivity contribution in [3.8, 4) is 5.75 Å². The number of hydrogen-bond donors (Lipinski definition) is 1. The number of ether oxygens (including phenoxy) is 2. The fraction of sp³-hybridized carbons (Fsp3) is 0.650. The average Bonchev–Trinajstić information content (AvgIpc) is 2.69. The van der Waals surface area contributed by atoms with Crippen LogP contribution in [-0.2, 0) is 14.9 Å². The van der Waals surface area contributed by atoms with E-state index in [1.54, 1.807) is 7.11 Å². The van der Waals surface area contributed by atoms with Crippen molar-refractivity contribution in [1.82, 2.24) is 10.2 Å². The van der Waals surface area contributed by atoms with Crippen LogP contribution >= 0.6 is 0 Å². The normalized spacial score (nSPS) is 20.8. The van der Waals surface area contributed by atoms with E-state index >= 15 is 0 Å². The molecule has 2 saturated heterocycles. The highest BCUT2D eigenvalue weighted by Gasteiger charge is 2.43. The molecule has 1 aromatic rings. The molecule has 2 heterocycles. The Morgan fingerprint density at radius 2 is 1.92 bits per heavy atom. The molecule has 0 aliphatic carbocycles. The van der Waals surface area contributed by atoms with Crippen molar-refractivity contribution in [2.45, 2.75) is 37.5 Å². The van der Waals surface area contributed by atoms with Gasteiger partial charge in [0.05, 0.1) is 12.5 Å². The highest BCUT2D eigenvalue weighted by molar-refractivity contribution is 5.89. The van der Waals surface area contributed by atoms with E-state index in [1.807, 2.05) is 24.3 Å². The molecule has 0 bridgehead atoms. The lowest BCUT2D eigenvalue weighted by molar-refractivity contribution is -0.130. The monoisotopic (exact) mass is 346 g/mol. The Balaban J connectivity index is 1.70. The van der Waals surface area contributed by atoms with E-state index in [0.29, 0.717) is 32.6 Å². The average molecular weight is 346 g/mol. The topological polar surface area (TPSA) is 50.8 Å². The van der Waals surface area contributed by atoms with Crippen LogP contribution in [0.3, 0.4) is 0 Å². The van der Waals surface area contributed by atoms with Crippen LogP contribution in [0, 0.1) is 0 Å². The molecule has 0 radical (unpaired) electrons. The first kappa shape index (κ1) is 18.2. The van der Waals surface area contributed by atoms with Crippen molar-refractivity contribution in [3.05, 3.63) is 29.8 Å². The second-order valence-corrected chi connectivity index (χ2v) is 7.05. The van der Waals surface area contributed by atoms with Gasteiger partial charge in [-0.2, -0.15) is 0 Å². The fourth-order valence-electron chi connectivity index (χ4n) is 4.06. The summed E-state index contributed by atoms with van der Waals surface area (Å²) in [6, 6.07) is 7.89. The number of methoxy groups -OCH3 is 1. The quantitative estimate of drug-likeness (QED) is 0.859. The van der Waals surface area contributed by atoms with Gasteiger partial charge in [0, 0.05) is 31.9 Å². The minimum atomic E-state index is -0.549. The molecule has 1 N–H and O–H groups in total. The van der Waals surface area contributed by atoms with Crippen molar-refractivity contribution in [3.63, 3.8) is 0 Å². The van der Waals surface area contributed by atoms with Gasteiger partial charge in [0.15, 0.2) is 0 Å². The lowest BCUT2D eigenvalue weighted by Gasteiger charge is -2.37. The summed E-state index contributed by atoms with van der Waals surface area (Å²) >= 11 is 0. The van der Waals surface area contributed by atoms with Crippen LogP contribution in [0.5, 0.6) is 5.75 Å². The molecule has 1 amide bonds. The second kappa shape index (κ2) is 8.68. The molecule has 5 nitrogen and oxygen atoms in total. The molecule has 0 saturated carbocycles. The summed E-state index contributed by atoms with van der Waals surface area (Å²) in [5.41, 5.74) is 0.434. The molecule has 0 unspecified atom stereocenters. The molecule has 0 spiro atoms. The molecule has 0 atom stereocenters. The number of carbonyl (C=O) groups excluding carboxylic acids is 1. The van der Waals surface area contributed by atoms with Gasteiger partial charge in [0.25, 0.3) is 0 Å². The molecular formula is C20H30N2O3. The standard InChI is InChI=1S/C20H30N2O3/c1-24-18-8-4-3-7-17(18)20(9-15-25-16-10-20)19(23)21-11-14-22-12-5-2-6-13-22/h3-4,7-8H,2,5-6,9-16H2,1H3,(H,21,23). The van der Waals surface area contributed by atoms with Gasteiger partial charge in [-0.25, -0.2) is 0 Å². The lowest BCUT2D eigenvalue weighted by Crippen LogP contribution is -2.50. The Kier molecular flexibility index (Phi) is 6.32. The zero-order valence-electron chi connectivity index (χ0n) is 15.3. The van der Waals surface area contributed by atoms with Gasteiger partial charge in [-0.15, -0.1) is 0 Å². The van der Waals surface area contributed by atoms with Gasteiger partial charge in [-0.05, 0) is 44.8 Å². The Bertz CT molecular complexity index is 564. The summed E-state index contributed by atoms with van der Waals surface area (Å²) in [6.07, 6.45) is 5.28. The number of para-hydroxylation sites is 1. The maximum atomic E-state index is 13.2. The maximum Gasteiger partial charge on any atom is 0.231 e. The van der Waals surface area contributed by atoms with Gasteiger partial charge in [-0.1, -0.05) is 24.6 Å². The number of nitrogens with zero attached hydrogens (tertiary/aromatic N) is 1. The van der Waals surface area contributed by atoms with Crippen LogP contribution in [0.1, 0.15) is 37.7 Å². The van der Waals surface area contributed by atoms with E-state index in [9.17, 15) is 4.79 Å². The summed E-state index contributed by atoms with van der Waals surface area (Å²) in [5.74, 6) is 0.896. The third kappa shape index (κ3) is 4.15. The molecule has 2 aliphatic heterocycles. The second-order valence-electron chi connectivity index (χ2n) is 7.05. The number of likely N-dealkylation sites (tertiary alicyclic amines) is 1. The van der Waals surface area contributed by atoms with Crippen molar-refractivity contribution in [2.24, 2.45) is 0 Å². The number of benzene rings is 1. The molecular weight excluding hydrogens is 316 g/mol. The van der Waals surface area contributed by atoms with Crippen molar-refractivity contribution in [2.75, 3.05) is 46.5 Å². The van der Waals surface area contributed by atoms with Gasteiger partial charge in [0.1, 0.15) is 5.75 Å². The minimum Gasteiger partial charge on any atom is -0.496 e. The van der Waals surface area contributed by atoms with Gasteiger partial charge in [0.2, 0.25) is 5.91 Å². The Labute approximate surface area is 150 Å². The fourth-order valence-corrected chi connectivity index (χ4v) is 4.06. The Morgan fingerprint density at radius 1 is 1.20 bits per heavy atom. The van der Waals surface area contributed by atoms with Crippen LogP contribution in [0.2, 0.25) is 0 Å². The van der Waals surface area contributed by atoms with E-state index in [0.717, 1.165) is 30.9 Å². The van der Waals surface area contributed by atoms with Crippen molar-refractivity contribution < 1.29 is 14.3 Å². The number of carbonyl (C=O) groups is 1. The highest BCUT2D eigenvalue weighted by Crippen LogP contribution is 2.40. The minimum absolute atomic E-state index is 0.109. The van der Waals surface area contributed by atoms with Gasteiger partial charge in [-0.3, -0.25) is 4.79 Å². The van der Waals surface area contributed by atoms with Gasteiger partial charge < -0.3 is 19.7 Å². The summed E-state index contributed by atoms with van der Waals surface area (Å²) in [7, 11) is 1.67. The van der Waals surface area contributed by atoms with E-state index in [-0.39, 0.29) is 5.91 Å². The van der Waals surface area contributed by atoms with Crippen LogP contribution in [0.25, 0.3) is 0 Å². The molecule has 5 heteroatoms. The van der Waals surface area contributed by atoms with Crippen LogP contribution < -0.4 is 10.1 Å². The largest absolute Gasteiger partial charge is 0.496 e. The maximum absolute atomic E-state index is 13.2. The van der Waals surface area contributed by atoms with Crippen LogP contribution in [0.15, 0.2) is 24.3 Å². The zero-order chi connectivity index (χ0) is 17.5. The lowest BCUT2D eigenvalue weighted by atomic mass is 9.73. The van der Waals surface area contributed by atoms with Crippen LogP contribution in [0.4, 0.5) is 0 Å². The Hall–Kier alpha value is -1.59. The molecule has 25 heavy (non-hydrogen) atoms. The third-order valence-electron chi connectivity index (χ3n) is 5.57. The van der Waals surface area contributed by atoms with Gasteiger partial charge >= 0.3 is 0 Å². The first-order valence-electron chi connectivity index (χ1n) is 9.48. The van der Waals surface area contributed by atoms with Crippen LogP contribution in [-0.4, -0.2) is 57.3 Å². The third-order valence-corrected chi connectivity index (χ3v) is 5.57. The van der Waals surface area contributed by atoms with E-state index in [4.69, 9.17) is 9.47 Å². The summed E-state index contributed by atoms with van der Waals surface area (Å²) in [5, 5.41) is 3.20. The number of rotatable bonds is 6. The summed E-state index contributed by atoms with van der Waals surface area (Å²) in [4.78, 5) is 15.6. The first-order chi connectivity index (χ1) is 12.3. The SMILES string of the molecule is COc1ccccc1C1(C(=O)NCCN2CCCCC2)CCOCC1. The smallest absolute Gasteiger partial charge is 0.231 e. The first-order valence-corrected chi connectivity index (χ1v) is 9.48. The van der Waals surface area contributed by atoms with E-state index in [1.165, 1.54) is 19.3 Å². The number of piperidine rings is 1. The molecule has 0 aromatic heterocycles. The Morgan fingerprint density at radius 3 is 2.64 bits per heavy atom. The zero-order valence-corrected chi connectivity index (χ0v) is 15.3. The summed E-state index contributed by atoms with van der Waals surface area (Å²) < 4.78 is 11.1. The molecule has 138 valence electrons. The van der Waals surface area contributed by atoms with Crippen molar-refractivity contribution in [1.29, 1.82) is 0 Å². The van der Waals surface area contributed by atoms with E-state index < -0.39 is 5.41 Å². The van der Waals surface area contributed by atoms with Crippen molar-refractivity contribution >= 4 is 5.91 Å². The van der Waals surface area contributed by atoms with E-state index in [2.05, 4.69) is 10.2 Å². The molecule has 2 fully saturated rings. The molecule has 2 aliphatic rings.